The van der Waals surface area contributed by atoms with Crippen LogP contribution in [0.5, 0.6) is 17.2 Å². The lowest BCUT2D eigenvalue weighted by atomic mass is 9.72. The van der Waals surface area contributed by atoms with Crippen LogP contribution >= 0.6 is 0 Å². The van der Waals surface area contributed by atoms with Crippen LogP contribution in [0.3, 0.4) is 0 Å². The number of phenols is 2. The number of ether oxygens (including phenoxy) is 2. The highest BCUT2D eigenvalue weighted by Gasteiger charge is 2.44. The van der Waals surface area contributed by atoms with E-state index in [2.05, 4.69) is 22.0 Å². The van der Waals surface area contributed by atoms with Crippen LogP contribution in [0.25, 0.3) is 0 Å². The molecule has 2 aromatic rings. The average molecular weight is 533 g/mol. The second kappa shape index (κ2) is 10.2. The summed E-state index contributed by atoms with van der Waals surface area (Å²) in [7, 11) is 1.42. The van der Waals surface area contributed by atoms with Crippen LogP contribution < -0.4 is 4.74 Å². The Morgan fingerprint density at radius 1 is 1.03 bits per heavy atom. The SMILES string of the molecule is COc1cccc2c1C(=O)c1c(O)c3c(c(O)c1C2=O)CC(C(=O)CN1CC=CCC1)CC3N1CCOCC1. The van der Waals surface area contributed by atoms with E-state index in [4.69, 9.17) is 9.47 Å². The van der Waals surface area contributed by atoms with E-state index in [1.807, 2.05) is 0 Å². The van der Waals surface area contributed by atoms with Gasteiger partial charge in [-0.25, -0.2) is 0 Å². The summed E-state index contributed by atoms with van der Waals surface area (Å²) in [4.78, 5) is 45.2. The van der Waals surface area contributed by atoms with Crippen LogP contribution in [-0.2, 0) is 16.0 Å². The number of hydrogen-bond acceptors (Lipinski definition) is 9. The van der Waals surface area contributed by atoms with Gasteiger partial charge in [-0.15, -0.1) is 0 Å². The van der Waals surface area contributed by atoms with Gasteiger partial charge in [-0.3, -0.25) is 24.2 Å². The first-order valence-electron chi connectivity index (χ1n) is 13.5. The van der Waals surface area contributed by atoms with Gasteiger partial charge in [0.2, 0.25) is 5.78 Å². The van der Waals surface area contributed by atoms with Crippen molar-refractivity contribution in [3.63, 3.8) is 0 Å². The Labute approximate surface area is 226 Å². The second-order valence-corrected chi connectivity index (χ2v) is 10.6. The summed E-state index contributed by atoms with van der Waals surface area (Å²) in [5, 5.41) is 23.3. The van der Waals surface area contributed by atoms with Crippen molar-refractivity contribution in [3.05, 3.63) is 63.7 Å². The Morgan fingerprint density at radius 2 is 1.79 bits per heavy atom. The predicted molar refractivity (Wildman–Crippen MR) is 142 cm³/mol. The van der Waals surface area contributed by atoms with Gasteiger partial charge in [0.25, 0.3) is 0 Å². The lowest BCUT2D eigenvalue weighted by molar-refractivity contribution is -0.125. The normalized spacial score (nSPS) is 23.2. The molecule has 2 aromatic carbocycles. The number of fused-ring (bicyclic) bond motifs is 3. The molecule has 0 saturated carbocycles. The Bertz CT molecular complexity index is 1390. The van der Waals surface area contributed by atoms with Gasteiger partial charge in [-0.2, -0.15) is 0 Å². The highest BCUT2D eigenvalue weighted by Crippen LogP contribution is 2.51. The van der Waals surface area contributed by atoms with E-state index in [0.717, 1.165) is 19.5 Å². The molecule has 1 saturated heterocycles. The molecule has 204 valence electrons. The van der Waals surface area contributed by atoms with Crippen LogP contribution in [0.4, 0.5) is 0 Å². The molecule has 4 aliphatic rings. The molecular weight excluding hydrogens is 500 g/mol. The van der Waals surface area contributed by atoms with E-state index in [0.29, 0.717) is 50.4 Å². The van der Waals surface area contributed by atoms with Gasteiger partial charge in [-0.05, 0) is 25.3 Å². The molecule has 0 spiro atoms. The lowest BCUT2D eigenvalue weighted by Gasteiger charge is -2.41. The van der Waals surface area contributed by atoms with Gasteiger partial charge < -0.3 is 19.7 Å². The van der Waals surface area contributed by atoms with E-state index in [-0.39, 0.29) is 51.7 Å². The predicted octanol–water partition coefficient (Wildman–Crippen LogP) is 2.65. The zero-order valence-electron chi connectivity index (χ0n) is 21.9. The zero-order valence-corrected chi connectivity index (χ0v) is 21.9. The van der Waals surface area contributed by atoms with Gasteiger partial charge in [0.1, 0.15) is 23.0 Å². The van der Waals surface area contributed by atoms with E-state index < -0.39 is 23.5 Å². The Hall–Kier alpha value is -3.53. The van der Waals surface area contributed by atoms with Crippen LogP contribution in [0.2, 0.25) is 0 Å². The maximum absolute atomic E-state index is 13.8. The van der Waals surface area contributed by atoms with Crippen molar-refractivity contribution in [2.75, 3.05) is 53.0 Å². The Kier molecular flexibility index (Phi) is 6.74. The maximum Gasteiger partial charge on any atom is 0.202 e. The molecule has 39 heavy (non-hydrogen) atoms. The standard InChI is InChI=1S/C30H32N2O7/c1-38-22-7-5-6-18-24(22)30(37)26-25(27(18)34)28(35)19-14-17(21(33)16-31-8-3-2-4-9-31)15-20(23(19)29(26)36)32-10-12-39-13-11-32/h2-3,5-7,17,20,35-36H,4,8-16H2,1H3. The van der Waals surface area contributed by atoms with Crippen LogP contribution in [0.1, 0.15) is 61.9 Å². The average Bonchev–Trinajstić information content (AvgIpc) is 2.97. The first kappa shape index (κ1) is 25.7. The van der Waals surface area contributed by atoms with Gasteiger partial charge in [0.15, 0.2) is 5.78 Å². The van der Waals surface area contributed by atoms with Crippen molar-refractivity contribution < 1.29 is 34.1 Å². The molecule has 2 aliphatic carbocycles. The second-order valence-electron chi connectivity index (χ2n) is 10.6. The fraction of sp³-hybridized carbons (Fsp3) is 0.433. The Morgan fingerprint density at radius 3 is 2.51 bits per heavy atom. The molecule has 2 atom stereocenters. The minimum Gasteiger partial charge on any atom is -0.507 e. The molecular formula is C30H32N2O7. The first-order chi connectivity index (χ1) is 18.9. The highest BCUT2D eigenvalue weighted by atomic mass is 16.5. The van der Waals surface area contributed by atoms with Crippen molar-refractivity contribution in [3.8, 4) is 17.2 Å². The van der Waals surface area contributed by atoms with Crippen LogP contribution in [-0.4, -0.2) is 90.4 Å². The number of ketones is 3. The largest absolute Gasteiger partial charge is 0.507 e. The number of Topliss-reactive ketones (excluding diaryl/α,β-unsaturated/α-hetero) is 1. The minimum absolute atomic E-state index is 0.0725. The summed E-state index contributed by atoms with van der Waals surface area (Å²) in [6, 6.07) is 4.32. The topological polar surface area (TPSA) is 117 Å². The van der Waals surface area contributed by atoms with Gasteiger partial charge in [-0.1, -0.05) is 24.3 Å². The molecule has 0 radical (unpaired) electrons. The molecule has 0 bridgehead atoms. The summed E-state index contributed by atoms with van der Waals surface area (Å²) < 4.78 is 10.9. The van der Waals surface area contributed by atoms with E-state index >= 15 is 0 Å². The summed E-state index contributed by atoms with van der Waals surface area (Å²) in [6.07, 6.45) is 5.72. The maximum atomic E-state index is 13.8. The van der Waals surface area contributed by atoms with Crippen molar-refractivity contribution in [1.82, 2.24) is 9.80 Å². The van der Waals surface area contributed by atoms with Gasteiger partial charge in [0, 0.05) is 54.8 Å². The van der Waals surface area contributed by atoms with E-state index in [9.17, 15) is 24.6 Å². The third-order valence-electron chi connectivity index (χ3n) is 8.52. The Balaban J connectivity index is 1.47. The van der Waals surface area contributed by atoms with Crippen molar-refractivity contribution >= 4 is 17.3 Å². The molecule has 1 fully saturated rings. The van der Waals surface area contributed by atoms with E-state index in [1.54, 1.807) is 12.1 Å². The summed E-state index contributed by atoms with van der Waals surface area (Å²) in [5.41, 5.74) is 0.599. The minimum atomic E-state index is -0.565. The number of morpholine rings is 1. The molecule has 0 aromatic heterocycles. The van der Waals surface area contributed by atoms with Crippen LogP contribution in [0.15, 0.2) is 30.4 Å². The highest BCUT2D eigenvalue weighted by molar-refractivity contribution is 6.31. The number of benzene rings is 2. The molecule has 9 nitrogen and oxygen atoms in total. The number of carbonyl (C=O) groups is 3. The number of phenolic OH excluding ortho intramolecular Hbond substituents is 2. The number of nitrogens with zero attached hydrogens (tertiary/aromatic N) is 2. The molecule has 2 N–H and O–H groups in total. The third kappa shape index (κ3) is 4.25. The summed E-state index contributed by atoms with van der Waals surface area (Å²) in [5.74, 6) is -1.83. The lowest BCUT2D eigenvalue weighted by Crippen LogP contribution is -2.44. The number of aromatic hydroxyl groups is 2. The van der Waals surface area contributed by atoms with Crippen LogP contribution in [0, 0.1) is 5.92 Å². The monoisotopic (exact) mass is 532 g/mol. The first-order valence-corrected chi connectivity index (χ1v) is 13.5. The zero-order chi connectivity index (χ0) is 27.3. The molecule has 2 aliphatic heterocycles. The molecule has 6 rings (SSSR count). The third-order valence-corrected chi connectivity index (χ3v) is 8.52. The molecule has 2 heterocycles. The summed E-state index contributed by atoms with van der Waals surface area (Å²) in [6.45, 7) is 4.03. The number of hydrogen-bond donors (Lipinski definition) is 2. The fourth-order valence-electron chi connectivity index (χ4n) is 6.55. The number of carbonyl (C=O) groups excluding carboxylic acids is 3. The number of methoxy groups -OCH3 is 1. The number of rotatable bonds is 5. The van der Waals surface area contributed by atoms with Gasteiger partial charge >= 0.3 is 0 Å². The van der Waals surface area contributed by atoms with Crippen molar-refractivity contribution in [2.45, 2.75) is 25.3 Å². The van der Waals surface area contributed by atoms with Crippen molar-refractivity contribution in [1.29, 1.82) is 0 Å². The smallest absolute Gasteiger partial charge is 0.202 e. The molecule has 9 heteroatoms. The molecule has 0 amide bonds. The van der Waals surface area contributed by atoms with Crippen molar-refractivity contribution in [2.24, 2.45) is 5.92 Å². The quantitative estimate of drug-likeness (QED) is 0.378. The fourth-order valence-corrected chi connectivity index (χ4v) is 6.55. The van der Waals surface area contributed by atoms with E-state index in [1.165, 1.54) is 13.2 Å². The van der Waals surface area contributed by atoms with Gasteiger partial charge in [0.05, 0.1) is 43.6 Å². The molecule has 2 unspecified atom stereocenters. The summed E-state index contributed by atoms with van der Waals surface area (Å²) >= 11 is 0.